The van der Waals surface area contributed by atoms with E-state index in [2.05, 4.69) is 279 Å². The lowest BCUT2D eigenvalue weighted by Gasteiger charge is -2.41. The van der Waals surface area contributed by atoms with Crippen LogP contribution in [-0.2, 0) is 29.7 Å². The minimum atomic E-state index is -2.51. The lowest BCUT2D eigenvalue weighted by molar-refractivity contribution is -0.175. The molecule has 0 spiro atoms. The fourth-order valence-corrected chi connectivity index (χ4v) is 16.0. The molecule has 2 atom stereocenters. The molecule has 5 nitrogen and oxygen atoms in total. The number of benzene rings is 12. The van der Waals surface area contributed by atoms with E-state index in [4.69, 9.17) is 23.0 Å². The maximum atomic E-state index is 8.31. The van der Waals surface area contributed by atoms with Gasteiger partial charge in [-0.1, -0.05) is 255 Å². The van der Waals surface area contributed by atoms with Crippen LogP contribution in [0.2, 0.25) is 0 Å². The molecule has 0 aliphatic carbocycles. The summed E-state index contributed by atoms with van der Waals surface area (Å²) in [7, 11) is -3.72. The van der Waals surface area contributed by atoms with Crippen molar-refractivity contribution >= 4 is 75.5 Å². The summed E-state index contributed by atoms with van der Waals surface area (Å²) < 4.78 is 40.0. The van der Waals surface area contributed by atoms with Gasteiger partial charge in [0.1, 0.15) is 18.0 Å². The van der Waals surface area contributed by atoms with E-state index >= 15 is 0 Å². The first-order valence-electron chi connectivity index (χ1n) is 26.6. The summed E-state index contributed by atoms with van der Waals surface area (Å²) in [4.78, 5) is 0. The third kappa shape index (κ3) is 8.51. The molecule has 78 heavy (non-hydrogen) atoms. The second-order valence-electron chi connectivity index (χ2n) is 20.7. The largest absolute Gasteiger partial charge is 0.425 e. The lowest BCUT2D eigenvalue weighted by Crippen LogP contribution is -2.53. The molecule has 0 unspecified atom stereocenters. The van der Waals surface area contributed by atoms with Gasteiger partial charge in [-0.2, -0.15) is 0 Å². The Kier molecular flexibility index (Phi) is 12.4. The molecule has 12 aromatic carbocycles. The number of rotatable bonds is 10. The van der Waals surface area contributed by atoms with Crippen LogP contribution in [0.1, 0.15) is 36.1 Å². The second kappa shape index (κ2) is 19.9. The monoisotopic (exact) mass is 1050 g/mol. The van der Waals surface area contributed by atoms with Crippen molar-refractivity contribution in [3.63, 3.8) is 0 Å². The van der Waals surface area contributed by atoms with E-state index in [0.717, 1.165) is 81.8 Å². The van der Waals surface area contributed by atoms with E-state index < -0.39 is 45.7 Å². The number of ether oxygens (including phenoxy) is 2. The quantitative estimate of drug-likeness (QED) is 0.128. The number of hydrogen-bond acceptors (Lipinski definition) is 5. The standard InChI is InChI=1S/C71H54O5P2/c1-69(2)72-67-68(73-69)71(60-43-39-51-23-14-18-29-56(51)47-60,61-44-40-52-24-15-19-30-57(52)48-61)76-78(75-70(67,58-41-37-49-21-12-16-27-54(49)45-58)59-42-38-50-22-13-17-28-55(50)46-59)74-66-64(53-25-6-3-7-26-53)35-20-36-65(66)77(62-31-8-4-9-32-62)63-33-10-5-11-34-63/h3-48,67-68H,1-2H3/t67-,68-/m1/s1. The van der Waals surface area contributed by atoms with Gasteiger partial charge in [0.05, 0.1) is 0 Å². The number of para-hydroxylation sites is 1. The van der Waals surface area contributed by atoms with Gasteiger partial charge in [-0.25, -0.2) is 0 Å². The molecule has 0 aromatic heterocycles. The molecule has 2 heterocycles. The molecule has 2 aliphatic heterocycles. The van der Waals surface area contributed by atoms with Crippen LogP contribution in [0.15, 0.2) is 279 Å². The van der Waals surface area contributed by atoms with E-state index in [9.17, 15) is 0 Å². The zero-order chi connectivity index (χ0) is 52.3. The summed E-state index contributed by atoms with van der Waals surface area (Å²) in [5.41, 5.74) is 2.59. The number of hydrogen-bond donors (Lipinski definition) is 0. The van der Waals surface area contributed by atoms with Crippen molar-refractivity contribution in [2.45, 2.75) is 43.0 Å². The van der Waals surface area contributed by atoms with Crippen LogP contribution in [0.5, 0.6) is 5.75 Å². The Morgan fingerprint density at radius 1 is 0.359 bits per heavy atom. The molecule has 12 aromatic rings. The molecule has 0 N–H and O–H groups in total. The van der Waals surface area contributed by atoms with Crippen LogP contribution < -0.4 is 20.4 Å². The van der Waals surface area contributed by atoms with Crippen LogP contribution in [0.3, 0.4) is 0 Å². The zero-order valence-corrected chi connectivity index (χ0v) is 44.9. The predicted molar refractivity (Wildman–Crippen MR) is 321 cm³/mol. The zero-order valence-electron chi connectivity index (χ0n) is 43.1. The highest BCUT2D eigenvalue weighted by Crippen LogP contribution is 2.66. The van der Waals surface area contributed by atoms with E-state index in [1.54, 1.807) is 0 Å². The average molecular weight is 1050 g/mol. The van der Waals surface area contributed by atoms with Crippen molar-refractivity contribution in [2.75, 3.05) is 0 Å². The molecule has 0 amide bonds. The van der Waals surface area contributed by atoms with Gasteiger partial charge in [0.2, 0.25) is 0 Å². The van der Waals surface area contributed by atoms with E-state index in [0.29, 0.717) is 5.75 Å². The highest BCUT2D eigenvalue weighted by Gasteiger charge is 2.68. The SMILES string of the molecule is CC1(C)O[C@@H]2[C@@H](O1)C(c1ccc3ccccc3c1)(c1ccc3ccccc3c1)OP(Oc1c(-c3ccccc3)cccc1P(c1ccccc1)c1ccccc1)OC2(c1ccc2ccccc2c1)c1ccc2ccccc2c1. The third-order valence-electron chi connectivity index (χ3n) is 15.6. The summed E-state index contributed by atoms with van der Waals surface area (Å²) in [6, 6.07) is 99.2. The van der Waals surface area contributed by atoms with Crippen LogP contribution in [0, 0.1) is 0 Å². The fraction of sp³-hybridized carbons (Fsp3) is 0.0986. The Hall–Kier alpha value is -7.82. The van der Waals surface area contributed by atoms with Gasteiger partial charge in [0.15, 0.2) is 17.0 Å². The van der Waals surface area contributed by atoms with Crippen molar-refractivity contribution in [1.82, 2.24) is 0 Å². The molecular weight excluding hydrogens is 995 g/mol. The first-order chi connectivity index (χ1) is 38.3. The Bertz CT molecular complexity index is 3790. The fourth-order valence-electron chi connectivity index (χ4n) is 11.9. The molecule has 7 heteroatoms. The first-order valence-corrected chi connectivity index (χ1v) is 29.0. The summed E-state index contributed by atoms with van der Waals surface area (Å²) >= 11 is 0. The molecule has 378 valence electrons. The van der Waals surface area contributed by atoms with Crippen molar-refractivity contribution in [1.29, 1.82) is 0 Å². The summed E-state index contributed by atoms with van der Waals surface area (Å²) in [6.07, 6.45) is -1.70. The minimum Gasteiger partial charge on any atom is -0.425 e. The molecule has 0 bridgehead atoms. The van der Waals surface area contributed by atoms with Crippen molar-refractivity contribution in [3.8, 4) is 16.9 Å². The molecule has 0 radical (unpaired) electrons. The van der Waals surface area contributed by atoms with Crippen LogP contribution >= 0.6 is 16.5 Å². The second-order valence-corrected chi connectivity index (χ2v) is 23.9. The highest BCUT2D eigenvalue weighted by molar-refractivity contribution is 7.80. The average Bonchev–Trinajstić information content (AvgIpc) is 3.86. The smallest absolute Gasteiger partial charge is 0.399 e. The van der Waals surface area contributed by atoms with Crippen LogP contribution in [0.4, 0.5) is 0 Å². The number of fused-ring (bicyclic) bond motifs is 5. The Morgan fingerprint density at radius 3 is 1.09 bits per heavy atom. The predicted octanol–water partition coefficient (Wildman–Crippen LogP) is 16.8. The van der Waals surface area contributed by atoms with Crippen molar-refractivity contribution in [2.24, 2.45) is 0 Å². The van der Waals surface area contributed by atoms with Gasteiger partial charge in [-0.3, -0.25) is 9.05 Å². The Balaban J connectivity index is 1.11. The van der Waals surface area contributed by atoms with Gasteiger partial charge < -0.3 is 14.0 Å². The molecular formula is C71H54O5P2. The van der Waals surface area contributed by atoms with E-state index in [-0.39, 0.29) is 0 Å². The lowest BCUT2D eigenvalue weighted by atomic mass is 9.71. The molecule has 2 saturated heterocycles. The van der Waals surface area contributed by atoms with E-state index in [1.165, 1.54) is 10.6 Å². The van der Waals surface area contributed by atoms with Crippen molar-refractivity contribution in [3.05, 3.63) is 301 Å². The normalized spacial score (nSPS) is 17.8. The third-order valence-corrected chi connectivity index (χ3v) is 19.2. The Labute approximate surface area is 457 Å². The Morgan fingerprint density at radius 2 is 0.705 bits per heavy atom. The molecule has 2 aliphatic rings. The maximum absolute atomic E-state index is 8.31. The summed E-state index contributed by atoms with van der Waals surface area (Å²) in [5.74, 6) is -0.436. The van der Waals surface area contributed by atoms with Gasteiger partial charge in [0, 0.05) is 10.9 Å². The van der Waals surface area contributed by atoms with Gasteiger partial charge in [-0.05, 0) is 128 Å². The van der Waals surface area contributed by atoms with Crippen LogP contribution in [-0.4, -0.2) is 18.0 Å². The van der Waals surface area contributed by atoms with Gasteiger partial charge in [0.25, 0.3) is 0 Å². The van der Waals surface area contributed by atoms with E-state index in [1.807, 2.05) is 13.8 Å². The maximum Gasteiger partial charge on any atom is 0.399 e. The van der Waals surface area contributed by atoms with Crippen LogP contribution in [0.25, 0.3) is 54.2 Å². The molecule has 14 rings (SSSR count). The molecule has 2 fully saturated rings. The van der Waals surface area contributed by atoms with Gasteiger partial charge in [-0.15, -0.1) is 0 Å². The summed E-state index contributed by atoms with van der Waals surface area (Å²) in [5, 5.41) is 12.1. The molecule has 0 saturated carbocycles. The topological polar surface area (TPSA) is 46.2 Å². The van der Waals surface area contributed by atoms with Gasteiger partial charge >= 0.3 is 8.60 Å². The first kappa shape index (κ1) is 48.5. The minimum absolute atomic E-state index is 0.680. The highest BCUT2D eigenvalue weighted by atomic mass is 31.2. The summed E-state index contributed by atoms with van der Waals surface area (Å²) in [6.45, 7) is 4.02. The van der Waals surface area contributed by atoms with Crippen molar-refractivity contribution < 1.29 is 23.0 Å².